The fourth-order valence-electron chi connectivity index (χ4n) is 3.02. The average Bonchev–Trinajstić information content (AvgIpc) is 3.31. The summed E-state index contributed by atoms with van der Waals surface area (Å²) in [5, 5.41) is 5.95. The van der Waals surface area contributed by atoms with E-state index in [4.69, 9.17) is 0 Å². The first-order valence-electron chi connectivity index (χ1n) is 7.88. The number of benzene rings is 1. The number of amides is 2. The highest BCUT2D eigenvalue weighted by atomic mass is 16.2. The number of rotatable bonds is 4. The zero-order valence-corrected chi connectivity index (χ0v) is 12.2. The summed E-state index contributed by atoms with van der Waals surface area (Å²) in [7, 11) is 0. The first-order chi connectivity index (χ1) is 10.2. The molecule has 0 unspecified atom stereocenters. The lowest BCUT2D eigenvalue weighted by Crippen LogP contribution is -2.45. The average molecular weight is 286 g/mol. The quantitative estimate of drug-likeness (QED) is 0.836. The van der Waals surface area contributed by atoms with E-state index in [2.05, 4.69) is 10.6 Å². The molecule has 3 rings (SSSR count). The summed E-state index contributed by atoms with van der Waals surface area (Å²) in [4.78, 5) is 24.9. The molecule has 4 nitrogen and oxygen atoms in total. The fourth-order valence-corrected chi connectivity index (χ4v) is 3.02. The highest BCUT2D eigenvalue weighted by Crippen LogP contribution is 2.47. The van der Waals surface area contributed by atoms with Gasteiger partial charge in [-0.2, -0.15) is 0 Å². The van der Waals surface area contributed by atoms with Gasteiger partial charge in [0.25, 0.3) is 0 Å². The second-order valence-corrected chi connectivity index (χ2v) is 6.21. The van der Waals surface area contributed by atoms with Crippen LogP contribution in [0.3, 0.4) is 0 Å². The van der Waals surface area contributed by atoms with Crippen LogP contribution in [-0.2, 0) is 9.59 Å². The van der Waals surface area contributed by atoms with Gasteiger partial charge in [-0.15, -0.1) is 0 Å². The lowest BCUT2D eigenvalue weighted by molar-refractivity contribution is -0.135. The third-order valence-electron chi connectivity index (χ3n) is 4.59. The third-order valence-corrected chi connectivity index (χ3v) is 4.59. The molecule has 0 radical (unpaired) electrons. The van der Waals surface area contributed by atoms with Crippen molar-refractivity contribution >= 4 is 17.5 Å². The summed E-state index contributed by atoms with van der Waals surface area (Å²) in [6.45, 7) is 0. The number of nitrogens with one attached hydrogen (secondary N) is 2. The Morgan fingerprint density at radius 2 is 1.62 bits per heavy atom. The van der Waals surface area contributed by atoms with Crippen LogP contribution in [0.1, 0.15) is 44.9 Å². The fraction of sp³-hybridized carbons (Fsp3) is 0.529. The smallest absolute Gasteiger partial charge is 0.240 e. The Balaban J connectivity index is 1.60. The van der Waals surface area contributed by atoms with Crippen molar-refractivity contribution in [2.75, 3.05) is 5.32 Å². The Morgan fingerprint density at radius 3 is 2.24 bits per heavy atom. The Labute approximate surface area is 125 Å². The van der Waals surface area contributed by atoms with Crippen molar-refractivity contribution in [2.45, 2.75) is 51.0 Å². The second-order valence-electron chi connectivity index (χ2n) is 6.21. The van der Waals surface area contributed by atoms with E-state index < -0.39 is 5.41 Å². The molecule has 2 amide bonds. The number of hydrogen-bond acceptors (Lipinski definition) is 2. The van der Waals surface area contributed by atoms with Gasteiger partial charge in [-0.25, -0.2) is 0 Å². The van der Waals surface area contributed by atoms with Gasteiger partial charge < -0.3 is 10.6 Å². The van der Waals surface area contributed by atoms with Gasteiger partial charge in [-0.05, 0) is 37.8 Å². The molecule has 4 heteroatoms. The van der Waals surface area contributed by atoms with Crippen molar-refractivity contribution in [1.29, 1.82) is 0 Å². The Morgan fingerprint density at radius 1 is 0.952 bits per heavy atom. The molecule has 112 valence electrons. The maximum atomic E-state index is 12.5. The Kier molecular flexibility index (Phi) is 3.95. The maximum Gasteiger partial charge on any atom is 0.240 e. The van der Waals surface area contributed by atoms with Gasteiger partial charge in [0.2, 0.25) is 11.8 Å². The highest BCUT2D eigenvalue weighted by Gasteiger charge is 2.56. The third kappa shape index (κ3) is 3.09. The SMILES string of the molecule is O=C(Nc1ccccc1)C1(C(=O)NC2CCCCC2)CC1. The van der Waals surface area contributed by atoms with Gasteiger partial charge in [-0.3, -0.25) is 9.59 Å². The van der Waals surface area contributed by atoms with E-state index in [9.17, 15) is 9.59 Å². The molecule has 0 saturated heterocycles. The molecule has 0 aromatic heterocycles. The largest absolute Gasteiger partial charge is 0.352 e. The number of carbonyl (C=O) groups is 2. The van der Waals surface area contributed by atoms with Crippen LogP contribution in [0.15, 0.2) is 30.3 Å². The number of para-hydroxylation sites is 1. The van der Waals surface area contributed by atoms with Crippen molar-refractivity contribution in [3.8, 4) is 0 Å². The van der Waals surface area contributed by atoms with Gasteiger partial charge in [0.1, 0.15) is 5.41 Å². The lowest BCUT2D eigenvalue weighted by Gasteiger charge is -2.25. The molecule has 0 bridgehead atoms. The van der Waals surface area contributed by atoms with Crippen LogP contribution in [0.2, 0.25) is 0 Å². The predicted octanol–water partition coefficient (Wildman–Crippen LogP) is 2.85. The summed E-state index contributed by atoms with van der Waals surface area (Å²) in [5.74, 6) is -0.246. The van der Waals surface area contributed by atoms with Crippen molar-refractivity contribution in [3.05, 3.63) is 30.3 Å². The molecule has 0 heterocycles. The molecule has 1 aromatic carbocycles. The lowest BCUT2D eigenvalue weighted by atomic mass is 9.94. The van der Waals surface area contributed by atoms with Crippen LogP contribution in [0.4, 0.5) is 5.69 Å². The molecule has 2 fully saturated rings. The van der Waals surface area contributed by atoms with Gasteiger partial charge in [0.05, 0.1) is 0 Å². The maximum absolute atomic E-state index is 12.5. The van der Waals surface area contributed by atoms with Gasteiger partial charge in [-0.1, -0.05) is 37.5 Å². The van der Waals surface area contributed by atoms with Crippen LogP contribution < -0.4 is 10.6 Å². The number of hydrogen-bond donors (Lipinski definition) is 2. The first kappa shape index (κ1) is 14.1. The van der Waals surface area contributed by atoms with Crippen molar-refractivity contribution in [2.24, 2.45) is 5.41 Å². The summed E-state index contributed by atoms with van der Waals surface area (Å²) in [6.07, 6.45) is 7.01. The van der Waals surface area contributed by atoms with E-state index >= 15 is 0 Å². The van der Waals surface area contributed by atoms with E-state index in [0.717, 1.165) is 18.5 Å². The highest BCUT2D eigenvalue weighted by molar-refractivity contribution is 6.13. The minimum absolute atomic E-state index is 0.0807. The Hall–Kier alpha value is -1.84. The van der Waals surface area contributed by atoms with Crippen LogP contribution in [0, 0.1) is 5.41 Å². The Bertz CT molecular complexity index is 517. The van der Waals surface area contributed by atoms with Gasteiger partial charge >= 0.3 is 0 Å². The summed E-state index contributed by atoms with van der Waals surface area (Å²) in [6, 6.07) is 9.58. The van der Waals surface area contributed by atoms with Crippen molar-refractivity contribution in [1.82, 2.24) is 5.32 Å². The van der Waals surface area contributed by atoms with Gasteiger partial charge in [0.15, 0.2) is 0 Å². The molecule has 0 spiro atoms. The monoisotopic (exact) mass is 286 g/mol. The standard InChI is InChI=1S/C17H22N2O2/c20-15(18-13-7-3-1-4-8-13)17(11-12-17)16(21)19-14-9-5-2-6-10-14/h1,3-4,7-8,14H,2,5-6,9-12H2,(H,18,20)(H,19,21). The summed E-state index contributed by atoms with van der Waals surface area (Å²) in [5.41, 5.74) is -0.0768. The molecule has 0 atom stereocenters. The summed E-state index contributed by atoms with van der Waals surface area (Å²) < 4.78 is 0. The second kappa shape index (κ2) is 5.88. The summed E-state index contributed by atoms with van der Waals surface area (Å²) >= 11 is 0. The first-order valence-corrected chi connectivity index (χ1v) is 7.88. The van der Waals surface area contributed by atoms with Crippen molar-refractivity contribution < 1.29 is 9.59 Å². The van der Waals surface area contributed by atoms with Crippen LogP contribution in [-0.4, -0.2) is 17.9 Å². The van der Waals surface area contributed by atoms with E-state index in [0.29, 0.717) is 12.8 Å². The van der Waals surface area contributed by atoms with E-state index in [1.807, 2.05) is 30.3 Å². The zero-order chi connectivity index (χ0) is 14.7. The van der Waals surface area contributed by atoms with Crippen molar-refractivity contribution in [3.63, 3.8) is 0 Å². The minimum atomic E-state index is -0.826. The van der Waals surface area contributed by atoms with Crippen LogP contribution >= 0.6 is 0 Å². The molecular weight excluding hydrogens is 264 g/mol. The molecular formula is C17H22N2O2. The molecule has 0 aliphatic heterocycles. The zero-order valence-electron chi connectivity index (χ0n) is 12.2. The van der Waals surface area contributed by atoms with Crippen LogP contribution in [0.25, 0.3) is 0 Å². The molecule has 1 aromatic rings. The molecule has 21 heavy (non-hydrogen) atoms. The number of carbonyl (C=O) groups excluding carboxylic acids is 2. The van der Waals surface area contributed by atoms with Gasteiger partial charge in [0, 0.05) is 11.7 Å². The normalized spacial score (nSPS) is 20.6. The molecule has 2 N–H and O–H groups in total. The van der Waals surface area contributed by atoms with Crippen LogP contribution in [0.5, 0.6) is 0 Å². The number of anilines is 1. The topological polar surface area (TPSA) is 58.2 Å². The van der Waals surface area contributed by atoms with E-state index in [1.54, 1.807) is 0 Å². The van der Waals surface area contributed by atoms with E-state index in [-0.39, 0.29) is 17.9 Å². The molecule has 2 aliphatic carbocycles. The molecule has 2 saturated carbocycles. The van der Waals surface area contributed by atoms with E-state index in [1.165, 1.54) is 19.3 Å². The molecule has 2 aliphatic rings. The predicted molar refractivity (Wildman–Crippen MR) is 81.8 cm³/mol. The minimum Gasteiger partial charge on any atom is -0.352 e.